The van der Waals surface area contributed by atoms with E-state index in [1.807, 2.05) is 18.2 Å². The van der Waals surface area contributed by atoms with E-state index in [0.29, 0.717) is 17.9 Å². The third kappa shape index (κ3) is 4.55. The number of aliphatic imine (C=N–C) groups is 1. The Morgan fingerprint density at radius 2 is 2.14 bits per heavy atom. The molecule has 2 N–H and O–H groups in total. The van der Waals surface area contributed by atoms with E-state index in [4.69, 9.17) is 4.84 Å². The molecular formula is C16H15N3O2. The third-order valence-corrected chi connectivity index (χ3v) is 2.58. The summed E-state index contributed by atoms with van der Waals surface area (Å²) >= 11 is 0. The molecule has 0 saturated carbocycles. The fraction of sp³-hybridized carbons (Fsp3) is 0.125. The molecule has 0 fully saturated rings. The lowest BCUT2D eigenvalue weighted by molar-refractivity contribution is 0.0381. The molecule has 1 aromatic rings. The van der Waals surface area contributed by atoms with Gasteiger partial charge >= 0.3 is 5.97 Å². The van der Waals surface area contributed by atoms with Crippen LogP contribution in [-0.4, -0.2) is 19.0 Å². The molecule has 106 valence electrons. The van der Waals surface area contributed by atoms with Crippen LogP contribution in [0.25, 0.3) is 0 Å². The molecule has 0 aromatic heterocycles. The largest absolute Gasteiger partial charge is 0.362 e. The molecule has 0 heterocycles. The highest BCUT2D eigenvalue weighted by Crippen LogP contribution is 2.00. The number of hydrogen-bond acceptors (Lipinski definition) is 3. The first-order valence-corrected chi connectivity index (χ1v) is 6.41. The summed E-state index contributed by atoms with van der Waals surface area (Å²) in [6.07, 6.45) is 6.24. The molecule has 0 aliphatic heterocycles. The van der Waals surface area contributed by atoms with E-state index < -0.39 is 5.97 Å². The van der Waals surface area contributed by atoms with Gasteiger partial charge in [-0.15, -0.1) is 0 Å². The molecule has 0 atom stereocenters. The predicted octanol–water partition coefficient (Wildman–Crippen LogP) is 1.77. The van der Waals surface area contributed by atoms with Crippen molar-refractivity contribution in [3.05, 3.63) is 59.8 Å². The van der Waals surface area contributed by atoms with Crippen molar-refractivity contribution < 1.29 is 9.63 Å². The van der Waals surface area contributed by atoms with Crippen molar-refractivity contribution in [1.82, 2.24) is 10.8 Å². The van der Waals surface area contributed by atoms with Crippen LogP contribution in [0.3, 0.4) is 0 Å². The molecule has 1 aliphatic rings. The minimum Gasteiger partial charge on any atom is -0.335 e. The van der Waals surface area contributed by atoms with Crippen LogP contribution >= 0.6 is 0 Å². The van der Waals surface area contributed by atoms with Crippen LogP contribution in [0.15, 0.2) is 59.2 Å². The number of rotatable bonds is 2. The molecular weight excluding hydrogens is 266 g/mol. The van der Waals surface area contributed by atoms with Crippen LogP contribution in [0.1, 0.15) is 16.8 Å². The van der Waals surface area contributed by atoms with E-state index in [9.17, 15) is 4.79 Å². The second-order valence-electron chi connectivity index (χ2n) is 4.08. The molecule has 5 nitrogen and oxygen atoms in total. The second-order valence-corrected chi connectivity index (χ2v) is 4.08. The molecule has 0 saturated heterocycles. The van der Waals surface area contributed by atoms with Gasteiger partial charge in [-0.2, -0.15) is 5.48 Å². The van der Waals surface area contributed by atoms with E-state index in [0.717, 1.165) is 5.70 Å². The number of guanidine groups is 1. The van der Waals surface area contributed by atoms with Crippen molar-refractivity contribution in [2.24, 2.45) is 4.99 Å². The fourth-order valence-corrected chi connectivity index (χ4v) is 1.55. The van der Waals surface area contributed by atoms with Crippen LogP contribution in [0.4, 0.5) is 0 Å². The summed E-state index contributed by atoms with van der Waals surface area (Å²) in [7, 11) is 1.58. The quantitative estimate of drug-likeness (QED) is 0.375. The average molecular weight is 281 g/mol. The summed E-state index contributed by atoms with van der Waals surface area (Å²) in [4.78, 5) is 20.8. The van der Waals surface area contributed by atoms with Crippen molar-refractivity contribution >= 4 is 11.9 Å². The Hall–Kier alpha value is -3.00. The van der Waals surface area contributed by atoms with Gasteiger partial charge in [-0.3, -0.25) is 4.99 Å². The summed E-state index contributed by atoms with van der Waals surface area (Å²) in [5, 5.41) is 2.99. The monoisotopic (exact) mass is 281 g/mol. The minimum absolute atomic E-state index is 0.318. The number of hydrogen-bond donors (Lipinski definition) is 2. The smallest absolute Gasteiger partial charge is 0.335 e. The molecule has 1 aliphatic carbocycles. The maximum Gasteiger partial charge on any atom is 0.362 e. The summed E-state index contributed by atoms with van der Waals surface area (Å²) in [6.45, 7) is 0. The lowest BCUT2D eigenvalue weighted by Crippen LogP contribution is -2.37. The van der Waals surface area contributed by atoms with Crippen molar-refractivity contribution in [1.29, 1.82) is 0 Å². The average Bonchev–Trinajstić information content (AvgIpc) is 2.80. The molecule has 0 bridgehead atoms. The van der Waals surface area contributed by atoms with E-state index in [1.165, 1.54) is 0 Å². The Labute approximate surface area is 123 Å². The van der Waals surface area contributed by atoms with Crippen molar-refractivity contribution in [2.75, 3.05) is 7.05 Å². The lowest BCUT2D eigenvalue weighted by Gasteiger charge is -2.11. The molecule has 21 heavy (non-hydrogen) atoms. The van der Waals surface area contributed by atoms with Gasteiger partial charge < -0.3 is 10.2 Å². The zero-order valence-corrected chi connectivity index (χ0v) is 11.6. The Morgan fingerprint density at radius 1 is 1.33 bits per heavy atom. The van der Waals surface area contributed by atoms with Gasteiger partial charge in [-0.05, 0) is 18.2 Å². The maximum atomic E-state index is 11.8. The Balaban J connectivity index is 1.91. The first-order chi connectivity index (χ1) is 10.3. The Bertz CT molecular complexity index is 649. The van der Waals surface area contributed by atoms with Crippen LogP contribution in [-0.2, 0) is 4.84 Å². The first-order valence-electron chi connectivity index (χ1n) is 6.41. The predicted molar refractivity (Wildman–Crippen MR) is 81.1 cm³/mol. The zero-order chi connectivity index (χ0) is 14.9. The number of nitrogens with one attached hydrogen (secondary N) is 2. The summed E-state index contributed by atoms with van der Waals surface area (Å²) in [6, 6.07) is 8.71. The van der Waals surface area contributed by atoms with Crippen LogP contribution < -0.4 is 10.8 Å². The number of nitrogens with zero attached hydrogens (tertiary/aromatic N) is 1. The molecule has 0 amide bonds. The van der Waals surface area contributed by atoms with Crippen molar-refractivity contribution in [3.63, 3.8) is 0 Å². The van der Waals surface area contributed by atoms with Crippen molar-refractivity contribution in [3.8, 4) is 11.8 Å². The summed E-state index contributed by atoms with van der Waals surface area (Å²) in [5.41, 5.74) is 3.73. The molecule has 2 rings (SSSR count). The van der Waals surface area contributed by atoms with Gasteiger partial charge in [0.15, 0.2) is 0 Å². The summed E-state index contributed by atoms with van der Waals surface area (Å²) < 4.78 is 0. The highest BCUT2D eigenvalue weighted by molar-refractivity contribution is 5.91. The number of benzene rings is 1. The fourth-order valence-electron chi connectivity index (χ4n) is 1.55. The Kier molecular flexibility index (Phi) is 5.18. The maximum absolute atomic E-state index is 11.8. The SMILES string of the molecule is CN=C(NOC(=O)c1ccccc1)NC1=CC#CCC=C1. The molecule has 0 unspecified atom stereocenters. The van der Waals surface area contributed by atoms with Gasteiger partial charge in [0, 0.05) is 25.2 Å². The van der Waals surface area contributed by atoms with Gasteiger partial charge in [0.05, 0.1) is 5.56 Å². The van der Waals surface area contributed by atoms with Crippen molar-refractivity contribution in [2.45, 2.75) is 6.42 Å². The lowest BCUT2D eigenvalue weighted by atomic mass is 10.2. The third-order valence-electron chi connectivity index (χ3n) is 2.58. The topological polar surface area (TPSA) is 62.7 Å². The molecule has 0 spiro atoms. The standard InChI is InChI=1S/C16H15N3O2/c1-17-16(18-14-11-7-2-3-8-12-14)19-21-15(20)13-9-5-4-6-10-13/h4-7,9-12H,2H2,1H3,(H2,17,18,19). The van der Waals surface area contributed by atoms with Gasteiger partial charge in [-0.25, -0.2) is 4.79 Å². The highest BCUT2D eigenvalue weighted by atomic mass is 16.7. The highest BCUT2D eigenvalue weighted by Gasteiger charge is 2.08. The number of allylic oxidation sites excluding steroid dienone is 3. The molecule has 5 heteroatoms. The van der Waals surface area contributed by atoms with Crippen LogP contribution in [0.5, 0.6) is 0 Å². The van der Waals surface area contributed by atoms with E-state index in [1.54, 1.807) is 37.4 Å². The number of carbonyl (C=O) groups is 1. The summed E-state index contributed by atoms with van der Waals surface area (Å²) in [5.74, 6) is 5.67. The van der Waals surface area contributed by atoms with Gasteiger partial charge in [0.2, 0.25) is 5.96 Å². The van der Waals surface area contributed by atoms with Gasteiger partial charge in [0.25, 0.3) is 0 Å². The number of carbonyl (C=O) groups excluding carboxylic acids is 1. The first kappa shape index (κ1) is 14.4. The van der Waals surface area contributed by atoms with E-state index >= 15 is 0 Å². The normalized spacial score (nSPS) is 13.4. The van der Waals surface area contributed by atoms with Gasteiger partial charge in [-0.1, -0.05) is 36.1 Å². The Morgan fingerprint density at radius 3 is 2.90 bits per heavy atom. The second kappa shape index (κ2) is 7.56. The van der Waals surface area contributed by atoms with Gasteiger partial charge in [0.1, 0.15) is 0 Å². The molecule has 1 aromatic carbocycles. The number of hydroxylamine groups is 1. The zero-order valence-electron chi connectivity index (χ0n) is 11.6. The van der Waals surface area contributed by atoms with E-state index in [2.05, 4.69) is 27.6 Å². The minimum atomic E-state index is -0.483. The van der Waals surface area contributed by atoms with Crippen LogP contribution in [0.2, 0.25) is 0 Å². The molecule has 0 radical (unpaired) electrons. The van der Waals surface area contributed by atoms with Crippen LogP contribution in [0, 0.1) is 11.8 Å². The van der Waals surface area contributed by atoms with E-state index in [-0.39, 0.29) is 0 Å².